The lowest BCUT2D eigenvalue weighted by Crippen LogP contribution is -2.33. The Labute approximate surface area is 245 Å². The molecule has 0 radical (unpaired) electrons. The molecular weight excluding hydrogens is 581 g/mol. The summed E-state index contributed by atoms with van der Waals surface area (Å²) in [6.45, 7) is -0.513. The van der Waals surface area contributed by atoms with Gasteiger partial charge in [0.25, 0.3) is 5.56 Å². The first-order valence-electron chi connectivity index (χ1n) is 12.7. The third kappa shape index (κ3) is 12.2. The number of aliphatic hydroxyl groups is 1. The van der Waals surface area contributed by atoms with Crippen LogP contribution in [0.5, 0.6) is 5.75 Å². The predicted octanol–water partition coefficient (Wildman–Crippen LogP) is 4.00. The Kier molecular flexibility index (Phi) is 16.2. The number of hydrogen-bond acceptors (Lipinski definition) is 6. The van der Waals surface area contributed by atoms with Crippen LogP contribution in [0.25, 0.3) is 0 Å². The summed E-state index contributed by atoms with van der Waals surface area (Å²) in [4.78, 5) is 35.4. The van der Waals surface area contributed by atoms with Gasteiger partial charge in [-0.25, -0.2) is 13.2 Å². The molecule has 3 aromatic rings. The summed E-state index contributed by atoms with van der Waals surface area (Å²) in [6.07, 6.45) is 2.15. The van der Waals surface area contributed by atoms with Crippen molar-refractivity contribution in [1.82, 2.24) is 9.88 Å². The molecule has 43 heavy (non-hydrogen) atoms. The molecule has 1 fully saturated rings. The van der Waals surface area contributed by atoms with Gasteiger partial charge in [-0.2, -0.15) is 8.78 Å². The fraction of sp³-hybridized carbons (Fsp3) is 0.345. The Hall–Kier alpha value is -4.30. The first-order valence-corrected chi connectivity index (χ1v) is 12.7. The van der Waals surface area contributed by atoms with Crippen LogP contribution >= 0.6 is 0 Å². The Bertz CT molecular complexity index is 1310. The zero-order valence-corrected chi connectivity index (χ0v) is 24.0. The molecule has 0 aliphatic carbocycles. The number of aromatic nitrogens is 1. The molecule has 2 amide bonds. The number of carbonyl (C=O) groups is 2. The van der Waals surface area contributed by atoms with Crippen molar-refractivity contribution in [1.29, 1.82) is 0 Å². The van der Waals surface area contributed by atoms with E-state index in [1.54, 1.807) is 31.4 Å². The molecule has 1 aliphatic heterocycles. The molecule has 1 unspecified atom stereocenters. The van der Waals surface area contributed by atoms with Gasteiger partial charge >= 0.3 is 6.61 Å². The lowest BCUT2D eigenvalue weighted by molar-refractivity contribution is -0.117. The van der Waals surface area contributed by atoms with Crippen molar-refractivity contribution in [3.05, 3.63) is 93.7 Å². The fourth-order valence-corrected chi connectivity index (χ4v) is 3.83. The second-order valence-electron chi connectivity index (χ2n) is 8.77. The number of aliphatic hydroxyl groups excluding tert-OH is 1. The van der Waals surface area contributed by atoms with Gasteiger partial charge in [-0.15, -0.1) is 0 Å². The van der Waals surface area contributed by atoms with Crippen LogP contribution in [0.2, 0.25) is 0 Å². The van der Waals surface area contributed by atoms with E-state index in [0.29, 0.717) is 19.6 Å². The van der Waals surface area contributed by atoms with Crippen LogP contribution in [0.1, 0.15) is 23.5 Å². The van der Waals surface area contributed by atoms with Crippen LogP contribution in [0, 0.1) is 24.4 Å². The molecular formula is C29H34F5N3O6. The third-order valence-corrected chi connectivity index (χ3v) is 5.78. The number of alkyl halides is 2. The largest absolute Gasteiger partial charge is 0.497 e. The lowest BCUT2D eigenvalue weighted by atomic mass is 9.97. The number of nitrogens with one attached hydrogen (secondary N) is 1. The molecule has 1 aliphatic rings. The zero-order chi connectivity index (χ0) is 32.5. The molecule has 1 saturated heterocycles. The molecule has 9 nitrogen and oxygen atoms in total. The molecule has 1 aromatic heterocycles. The Morgan fingerprint density at radius 2 is 1.63 bits per heavy atom. The van der Waals surface area contributed by atoms with E-state index in [-0.39, 0.29) is 47.2 Å². The van der Waals surface area contributed by atoms with Crippen molar-refractivity contribution < 1.29 is 46.1 Å². The summed E-state index contributed by atoms with van der Waals surface area (Å²) in [5.41, 5.74) is 0.767. The van der Waals surface area contributed by atoms with Crippen LogP contribution in [0.3, 0.4) is 0 Å². The van der Waals surface area contributed by atoms with Crippen LogP contribution < -0.4 is 20.5 Å². The smallest absolute Gasteiger partial charge is 0.342 e. The van der Waals surface area contributed by atoms with E-state index >= 15 is 0 Å². The van der Waals surface area contributed by atoms with E-state index in [1.807, 2.05) is 6.92 Å². The molecule has 4 rings (SSSR count). The maximum atomic E-state index is 14.4. The quantitative estimate of drug-likeness (QED) is 0.307. The molecule has 2 aromatic carbocycles. The Morgan fingerprint density at radius 1 is 1.07 bits per heavy atom. The van der Waals surface area contributed by atoms with Crippen molar-refractivity contribution in [2.75, 3.05) is 39.3 Å². The molecule has 2 N–H and O–H groups in total. The van der Waals surface area contributed by atoms with Gasteiger partial charge in [0.05, 0.1) is 13.7 Å². The average molecular weight is 616 g/mol. The minimum Gasteiger partial charge on any atom is -0.497 e. The highest BCUT2D eigenvalue weighted by atomic mass is 19.3. The second-order valence-corrected chi connectivity index (χ2v) is 8.77. The minimum atomic E-state index is -3.17. The number of amides is 2. The van der Waals surface area contributed by atoms with Crippen molar-refractivity contribution in [2.24, 2.45) is 0 Å². The number of nitrogens with zero attached hydrogens (tertiary/aromatic N) is 2. The zero-order valence-electron chi connectivity index (χ0n) is 24.0. The van der Waals surface area contributed by atoms with E-state index < -0.39 is 24.2 Å². The number of aryl methyl sites for hydroxylation is 1. The normalized spacial score (nSPS) is 13.6. The average Bonchev–Trinajstić information content (AvgIpc) is 3.34. The standard InChI is InChI=1S/C19H20F2N2O4.C7H7F.C2H5NO.CH2F2O/c1-26-7-6-22-5-3-4-16(19(22)25)23-11-12(8-17(23)24)18-14(20)9-13(27-2)10-15(18)21;1-6-2-4-7(8)5-3-6;1-3-2-4;2-1(3)4/h3-5,9-10,12H,6-8,11H2,1-2H3;2-5H,1H3;2H,1H3,(H,3,4);1,4H. The number of hydrogen-bond donors (Lipinski definition) is 2. The van der Waals surface area contributed by atoms with Gasteiger partial charge in [-0.1, -0.05) is 17.7 Å². The van der Waals surface area contributed by atoms with Gasteiger partial charge in [-0.3, -0.25) is 14.4 Å². The van der Waals surface area contributed by atoms with Crippen molar-refractivity contribution in [2.45, 2.75) is 32.4 Å². The van der Waals surface area contributed by atoms with E-state index in [2.05, 4.69) is 5.32 Å². The molecule has 0 bridgehead atoms. The van der Waals surface area contributed by atoms with Crippen LogP contribution in [-0.2, 0) is 20.9 Å². The van der Waals surface area contributed by atoms with Crippen LogP contribution in [0.15, 0.2) is 59.5 Å². The van der Waals surface area contributed by atoms with Crippen LogP contribution in [-0.4, -0.2) is 63.0 Å². The lowest BCUT2D eigenvalue weighted by Gasteiger charge is -2.18. The maximum Gasteiger partial charge on any atom is 0.342 e. The highest BCUT2D eigenvalue weighted by Gasteiger charge is 2.36. The van der Waals surface area contributed by atoms with Crippen molar-refractivity contribution >= 4 is 18.0 Å². The minimum absolute atomic E-state index is 0.0303. The molecule has 1 atom stereocenters. The summed E-state index contributed by atoms with van der Waals surface area (Å²) < 4.78 is 71.9. The van der Waals surface area contributed by atoms with E-state index in [0.717, 1.165) is 17.7 Å². The van der Waals surface area contributed by atoms with Crippen molar-refractivity contribution in [3.63, 3.8) is 0 Å². The molecule has 14 heteroatoms. The number of benzene rings is 2. The Morgan fingerprint density at radius 3 is 2.09 bits per heavy atom. The van der Waals surface area contributed by atoms with E-state index in [1.165, 1.54) is 41.9 Å². The second kappa shape index (κ2) is 19.0. The fourth-order valence-electron chi connectivity index (χ4n) is 3.83. The highest BCUT2D eigenvalue weighted by Crippen LogP contribution is 2.35. The monoisotopic (exact) mass is 615 g/mol. The topological polar surface area (TPSA) is 110 Å². The SMILES string of the molecule is CNC=O.COCCn1cccc(N2CC(c3c(F)cc(OC)cc3F)CC2=O)c1=O.Cc1ccc(F)cc1.OC(F)F. The van der Waals surface area contributed by atoms with Gasteiger partial charge in [-0.05, 0) is 31.2 Å². The third-order valence-electron chi connectivity index (χ3n) is 5.78. The molecule has 0 saturated carbocycles. The first-order chi connectivity index (χ1) is 20.4. The maximum absolute atomic E-state index is 14.4. The van der Waals surface area contributed by atoms with Gasteiger partial charge in [0, 0.05) is 63.5 Å². The number of pyridine rings is 1. The number of carbonyl (C=O) groups excluding carboxylic acids is 2. The van der Waals surface area contributed by atoms with Gasteiger partial charge < -0.3 is 29.4 Å². The summed E-state index contributed by atoms with van der Waals surface area (Å²) in [5.74, 6) is -2.67. The summed E-state index contributed by atoms with van der Waals surface area (Å²) in [6, 6.07) is 11.8. The number of anilines is 1. The number of rotatable bonds is 7. The first kappa shape index (κ1) is 36.7. The summed E-state index contributed by atoms with van der Waals surface area (Å²) >= 11 is 0. The molecule has 2 heterocycles. The van der Waals surface area contributed by atoms with Gasteiger partial charge in [0.1, 0.15) is 28.9 Å². The van der Waals surface area contributed by atoms with Gasteiger partial charge in [0.15, 0.2) is 0 Å². The summed E-state index contributed by atoms with van der Waals surface area (Å²) in [7, 11) is 4.41. The number of halogens is 5. The highest BCUT2D eigenvalue weighted by molar-refractivity contribution is 5.96. The number of ether oxygens (including phenoxy) is 2. The predicted molar refractivity (Wildman–Crippen MR) is 150 cm³/mol. The summed E-state index contributed by atoms with van der Waals surface area (Å²) in [5, 5.41) is 8.97. The van der Waals surface area contributed by atoms with E-state index in [9.17, 15) is 31.5 Å². The van der Waals surface area contributed by atoms with Gasteiger partial charge in [0.2, 0.25) is 12.3 Å². The molecule has 236 valence electrons. The Balaban J connectivity index is 0.000000472. The van der Waals surface area contributed by atoms with Crippen LogP contribution in [0.4, 0.5) is 27.6 Å². The van der Waals surface area contributed by atoms with E-state index in [4.69, 9.17) is 19.4 Å². The van der Waals surface area contributed by atoms with Crippen molar-refractivity contribution in [3.8, 4) is 5.75 Å². The number of methoxy groups -OCH3 is 2. The molecule has 0 spiro atoms.